The van der Waals surface area contributed by atoms with Crippen molar-refractivity contribution in [2.24, 2.45) is 0 Å². The van der Waals surface area contributed by atoms with Crippen LogP contribution in [0.4, 0.5) is 0 Å². The smallest absolute Gasteiger partial charge is 0.457 e. The summed E-state index contributed by atoms with van der Waals surface area (Å²) in [7, 11) is -4.51. The first-order valence-electron chi connectivity index (χ1n) is 24.0. The van der Waals surface area contributed by atoms with Crippen molar-refractivity contribution in [2.75, 3.05) is 33.0 Å². The number of hydrogen-bond acceptors (Lipinski definition) is 8. The van der Waals surface area contributed by atoms with Crippen LogP contribution in [0, 0.1) is 0 Å². The third-order valence-corrected chi connectivity index (χ3v) is 11.7. The van der Waals surface area contributed by atoms with Crippen molar-refractivity contribution in [3.63, 3.8) is 0 Å². The summed E-state index contributed by atoms with van der Waals surface area (Å²) in [6.07, 6.45) is 43.5. The SMILES string of the molecule is CCCCCCCCCCCCCCCCCCCCOCC(COP(=O)(O)OCC(O)CO)OC(=O)CCCCCCCCCCCCCCCCCCC. The molecular weight excluding hydrogens is 727 g/mol. The van der Waals surface area contributed by atoms with E-state index in [9.17, 15) is 19.4 Å². The standard InChI is InChI=1S/C46H93O9P/c1-3-5-7-9-11-13-15-17-19-21-23-25-27-29-31-33-35-37-39-52-42-45(43-54-56(50,51)53-41-44(48)40-47)55-46(49)38-36-34-32-30-28-26-24-22-20-18-16-14-12-10-8-6-4-2/h44-45,47-48H,3-43H2,1-2H3,(H,50,51). The van der Waals surface area contributed by atoms with Crippen molar-refractivity contribution in [3.05, 3.63) is 0 Å². The topological polar surface area (TPSA) is 132 Å². The minimum absolute atomic E-state index is 0.0585. The van der Waals surface area contributed by atoms with Gasteiger partial charge in [0.15, 0.2) is 0 Å². The minimum Gasteiger partial charge on any atom is -0.457 e. The number of hydrogen-bond donors (Lipinski definition) is 3. The van der Waals surface area contributed by atoms with Crippen LogP contribution in [0.1, 0.15) is 245 Å². The van der Waals surface area contributed by atoms with Crippen molar-refractivity contribution < 1.29 is 43.0 Å². The van der Waals surface area contributed by atoms with Crippen LogP contribution in [0.3, 0.4) is 0 Å². The van der Waals surface area contributed by atoms with E-state index in [1.165, 1.54) is 193 Å². The molecule has 0 bridgehead atoms. The number of aliphatic hydroxyl groups excluding tert-OH is 2. The first-order chi connectivity index (χ1) is 27.3. The van der Waals surface area contributed by atoms with Gasteiger partial charge in [0.1, 0.15) is 12.2 Å². The molecule has 0 aliphatic carbocycles. The van der Waals surface area contributed by atoms with Gasteiger partial charge in [-0.2, -0.15) is 0 Å². The zero-order valence-corrected chi connectivity index (χ0v) is 37.8. The highest BCUT2D eigenvalue weighted by Crippen LogP contribution is 2.43. The Balaban J connectivity index is 4.06. The molecule has 0 aromatic carbocycles. The highest BCUT2D eigenvalue weighted by Gasteiger charge is 2.26. The maximum absolute atomic E-state index is 12.6. The van der Waals surface area contributed by atoms with Crippen molar-refractivity contribution in [1.82, 2.24) is 0 Å². The molecule has 56 heavy (non-hydrogen) atoms. The molecular formula is C46H93O9P. The summed E-state index contributed by atoms with van der Waals surface area (Å²) in [5, 5.41) is 18.4. The van der Waals surface area contributed by atoms with Gasteiger partial charge in [0.05, 0.1) is 26.4 Å². The first-order valence-corrected chi connectivity index (χ1v) is 25.5. The predicted octanol–water partition coefficient (Wildman–Crippen LogP) is 13.5. The number of phosphoric acid groups is 1. The van der Waals surface area contributed by atoms with Crippen molar-refractivity contribution >= 4 is 13.8 Å². The minimum atomic E-state index is -4.51. The van der Waals surface area contributed by atoms with Crippen LogP contribution >= 0.6 is 7.82 Å². The molecule has 10 heteroatoms. The van der Waals surface area contributed by atoms with Crippen LogP contribution in [0.2, 0.25) is 0 Å². The molecule has 0 aromatic rings. The highest BCUT2D eigenvalue weighted by atomic mass is 31.2. The van der Waals surface area contributed by atoms with Gasteiger partial charge < -0.3 is 24.6 Å². The van der Waals surface area contributed by atoms with E-state index in [1.807, 2.05) is 0 Å². The predicted molar refractivity (Wildman–Crippen MR) is 233 cm³/mol. The molecule has 0 aromatic heterocycles. The molecule has 0 fully saturated rings. The second-order valence-corrected chi connectivity index (χ2v) is 18.0. The lowest BCUT2D eigenvalue weighted by Gasteiger charge is -2.20. The van der Waals surface area contributed by atoms with Gasteiger partial charge in [-0.15, -0.1) is 0 Å². The summed E-state index contributed by atoms with van der Waals surface area (Å²) < 4.78 is 33.5. The van der Waals surface area contributed by atoms with Gasteiger partial charge in [0, 0.05) is 13.0 Å². The van der Waals surface area contributed by atoms with E-state index < -0.39 is 33.2 Å². The molecule has 3 unspecified atom stereocenters. The molecule has 3 N–H and O–H groups in total. The van der Waals surface area contributed by atoms with Crippen LogP contribution in [0.25, 0.3) is 0 Å². The Morgan fingerprint density at radius 2 is 0.804 bits per heavy atom. The number of rotatable bonds is 47. The molecule has 0 aliphatic rings. The Morgan fingerprint density at radius 3 is 1.16 bits per heavy atom. The number of carbonyl (C=O) groups is 1. The molecule has 0 saturated heterocycles. The van der Waals surface area contributed by atoms with Gasteiger partial charge in [0.25, 0.3) is 0 Å². The summed E-state index contributed by atoms with van der Waals surface area (Å²) in [5.74, 6) is -0.374. The molecule has 0 spiro atoms. The molecule has 3 atom stereocenters. The Bertz CT molecular complexity index is 845. The summed E-state index contributed by atoms with van der Waals surface area (Å²) in [6, 6.07) is 0. The summed E-state index contributed by atoms with van der Waals surface area (Å²) >= 11 is 0. The fourth-order valence-electron chi connectivity index (χ4n) is 7.12. The summed E-state index contributed by atoms with van der Waals surface area (Å²) in [6.45, 7) is 3.59. The molecule has 336 valence electrons. The number of carbonyl (C=O) groups excluding carboxylic acids is 1. The largest absolute Gasteiger partial charge is 0.472 e. The molecule has 0 radical (unpaired) electrons. The fourth-order valence-corrected chi connectivity index (χ4v) is 7.91. The third kappa shape index (κ3) is 43.0. The number of esters is 1. The Hall–Kier alpha value is -0.540. The number of aliphatic hydroxyl groups is 2. The average Bonchev–Trinajstić information content (AvgIpc) is 3.19. The van der Waals surface area contributed by atoms with Crippen LogP contribution in [0.5, 0.6) is 0 Å². The lowest BCUT2D eigenvalue weighted by atomic mass is 10.0. The van der Waals surface area contributed by atoms with Crippen molar-refractivity contribution in [1.29, 1.82) is 0 Å². The van der Waals surface area contributed by atoms with Gasteiger partial charge >= 0.3 is 13.8 Å². The molecule has 0 aliphatic heterocycles. The normalized spacial score (nSPS) is 13.9. The fraction of sp³-hybridized carbons (Fsp3) is 0.978. The summed E-state index contributed by atoms with van der Waals surface area (Å²) in [5.41, 5.74) is 0. The first kappa shape index (κ1) is 55.5. The molecule has 0 amide bonds. The van der Waals surface area contributed by atoms with Crippen LogP contribution < -0.4 is 0 Å². The second-order valence-electron chi connectivity index (χ2n) is 16.5. The highest BCUT2D eigenvalue weighted by molar-refractivity contribution is 7.47. The lowest BCUT2D eigenvalue weighted by Crippen LogP contribution is -2.29. The van der Waals surface area contributed by atoms with Crippen LogP contribution in [-0.2, 0) is 27.9 Å². The number of unbranched alkanes of at least 4 members (excludes halogenated alkanes) is 33. The summed E-state index contributed by atoms with van der Waals surface area (Å²) in [4.78, 5) is 22.6. The average molecular weight is 821 g/mol. The maximum atomic E-state index is 12.6. The number of ether oxygens (including phenoxy) is 2. The van der Waals surface area contributed by atoms with Crippen molar-refractivity contribution in [3.8, 4) is 0 Å². The van der Waals surface area contributed by atoms with E-state index in [4.69, 9.17) is 23.6 Å². The zero-order valence-electron chi connectivity index (χ0n) is 36.9. The van der Waals surface area contributed by atoms with Gasteiger partial charge in [-0.1, -0.05) is 226 Å². The maximum Gasteiger partial charge on any atom is 0.472 e. The van der Waals surface area contributed by atoms with Gasteiger partial charge in [0.2, 0.25) is 0 Å². The quantitative estimate of drug-likeness (QED) is 0.0312. The monoisotopic (exact) mass is 821 g/mol. The van der Waals surface area contributed by atoms with E-state index in [1.54, 1.807) is 0 Å². The van der Waals surface area contributed by atoms with Gasteiger partial charge in [-0.05, 0) is 12.8 Å². The Morgan fingerprint density at radius 1 is 0.482 bits per heavy atom. The second kappa shape index (κ2) is 44.0. The van der Waals surface area contributed by atoms with Gasteiger partial charge in [-0.3, -0.25) is 13.8 Å². The zero-order chi connectivity index (χ0) is 41.1. The third-order valence-electron chi connectivity index (χ3n) is 10.8. The molecule has 9 nitrogen and oxygen atoms in total. The van der Waals surface area contributed by atoms with Gasteiger partial charge in [-0.25, -0.2) is 4.57 Å². The van der Waals surface area contributed by atoms with Crippen LogP contribution in [-0.4, -0.2) is 66.3 Å². The lowest BCUT2D eigenvalue weighted by molar-refractivity contribution is -0.154. The molecule has 0 rings (SSSR count). The molecule has 0 saturated carbocycles. The van der Waals surface area contributed by atoms with Crippen molar-refractivity contribution in [2.45, 2.75) is 257 Å². The molecule has 0 heterocycles. The van der Waals surface area contributed by atoms with E-state index in [0.717, 1.165) is 32.1 Å². The van der Waals surface area contributed by atoms with E-state index >= 15 is 0 Å². The van der Waals surface area contributed by atoms with E-state index in [2.05, 4.69) is 13.8 Å². The Kier molecular flexibility index (Phi) is 43.6. The van der Waals surface area contributed by atoms with E-state index in [0.29, 0.717) is 6.61 Å². The van der Waals surface area contributed by atoms with Crippen LogP contribution in [0.15, 0.2) is 0 Å². The number of phosphoric ester groups is 1. The van der Waals surface area contributed by atoms with E-state index in [-0.39, 0.29) is 25.6 Å². The Labute approximate surface area is 346 Å².